The molecule has 1 amide bonds. The number of aromatic nitrogens is 4. The normalized spacial score (nSPS) is 18.3. The van der Waals surface area contributed by atoms with Gasteiger partial charge in [-0.15, -0.1) is 10.2 Å². The highest BCUT2D eigenvalue weighted by molar-refractivity contribution is 5.93. The number of rotatable bonds is 5. The van der Waals surface area contributed by atoms with Crippen LogP contribution in [0.5, 0.6) is 0 Å². The molecule has 1 aliphatic rings. The molecule has 0 radical (unpaired) electrons. The molecule has 8 nitrogen and oxygen atoms in total. The summed E-state index contributed by atoms with van der Waals surface area (Å²) in [6.07, 6.45) is 3.53. The fourth-order valence-electron chi connectivity index (χ4n) is 3.05. The summed E-state index contributed by atoms with van der Waals surface area (Å²) in [7, 11) is 0. The lowest BCUT2D eigenvalue weighted by molar-refractivity contribution is -0.0113. The van der Waals surface area contributed by atoms with E-state index >= 15 is 0 Å². The largest absolute Gasteiger partial charge is 0.423 e. The number of aryl methyl sites for hydroxylation is 1. The van der Waals surface area contributed by atoms with E-state index in [1.807, 2.05) is 4.68 Å². The Labute approximate surface area is 140 Å². The van der Waals surface area contributed by atoms with Gasteiger partial charge < -0.3 is 14.1 Å². The third kappa shape index (κ3) is 3.06. The Morgan fingerprint density at radius 2 is 2.17 bits per heavy atom. The minimum atomic E-state index is -0.363. The van der Waals surface area contributed by atoms with Gasteiger partial charge in [0.15, 0.2) is 0 Å². The van der Waals surface area contributed by atoms with Crippen molar-refractivity contribution in [3.05, 3.63) is 29.7 Å². The SMILES string of the molecule is CCC(CC)n1nccc1C(=O)N1CCOCC1c1nnc(C)o1. The molecule has 1 aliphatic heterocycles. The Kier molecular flexibility index (Phi) is 4.94. The number of hydrogen-bond acceptors (Lipinski definition) is 6. The molecule has 0 bridgehead atoms. The Morgan fingerprint density at radius 1 is 1.38 bits per heavy atom. The minimum Gasteiger partial charge on any atom is -0.423 e. The van der Waals surface area contributed by atoms with Gasteiger partial charge in [-0.05, 0) is 18.9 Å². The predicted octanol–water partition coefficient (Wildman–Crippen LogP) is 2.15. The zero-order chi connectivity index (χ0) is 17.1. The summed E-state index contributed by atoms with van der Waals surface area (Å²) in [4.78, 5) is 14.9. The monoisotopic (exact) mass is 333 g/mol. The second-order valence-electron chi connectivity index (χ2n) is 5.88. The van der Waals surface area contributed by atoms with Crippen LogP contribution in [-0.4, -0.2) is 50.5 Å². The maximum atomic E-state index is 13.1. The van der Waals surface area contributed by atoms with Gasteiger partial charge >= 0.3 is 0 Å². The Morgan fingerprint density at radius 3 is 2.83 bits per heavy atom. The van der Waals surface area contributed by atoms with Crippen molar-refractivity contribution < 1.29 is 13.9 Å². The molecule has 2 aromatic heterocycles. The molecule has 0 aromatic carbocycles. The van der Waals surface area contributed by atoms with E-state index in [4.69, 9.17) is 9.15 Å². The second kappa shape index (κ2) is 7.12. The Hall–Kier alpha value is -2.22. The van der Waals surface area contributed by atoms with Crippen molar-refractivity contribution in [3.63, 3.8) is 0 Å². The molecule has 1 unspecified atom stereocenters. The lowest BCUT2D eigenvalue weighted by Crippen LogP contribution is -2.44. The van der Waals surface area contributed by atoms with Crippen molar-refractivity contribution in [2.75, 3.05) is 19.8 Å². The summed E-state index contributed by atoms with van der Waals surface area (Å²) >= 11 is 0. The molecule has 1 saturated heterocycles. The summed E-state index contributed by atoms with van der Waals surface area (Å²) in [5.74, 6) is 0.808. The van der Waals surface area contributed by atoms with E-state index in [1.165, 1.54) is 0 Å². The highest BCUT2D eigenvalue weighted by Gasteiger charge is 2.34. The quantitative estimate of drug-likeness (QED) is 0.833. The standard InChI is InChI=1S/C16H23N5O3/c1-4-12(5-2)21-13(6-7-17-21)16(22)20-8-9-23-10-14(20)15-19-18-11(3)24-15/h6-7,12,14H,4-5,8-10H2,1-3H3. The summed E-state index contributed by atoms with van der Waals surface area (Å²) in [5.41, 5.74) is 0.590. The molecule has 1 atom stereocenters. The van der Waals surface area contributed by atoms with Crippen LogP contribution in [0.1, 0.15) is 61.0 Å². The van der Waals surface area contributed by atoms with Crippen LogP contribution in [0.15, 0.2) is 16.7 Å². The van der Waals surface area contributed by atoms with Crippen molar-refractivity contribution in [3.8, 4) is 0 Å². The molecule has 8 heteroatoms. The smallest absolute Gasteiger partial charge is 0.272 e. The maximum Gasteiger partial charge on any atom is 0.272 e. The zero-order valence-electron chi connectivity index (χ0n) is 14.3. The van der Waals surface area contributed by atoms with Crippen molar-refractivity contribution in [1.82, 2.24) is 24.9 Å². The lowest BCUT2D eigenvalue weighted by atomic mass is 10.1. The van der Waals surface area contributed by atoms with Crippen LogP contribution in [0.25, 0.3) is 0 Å². The molecule has 24 heavy (non-hydrogen) atoms. The first-order valence-electron chi connectivity index (χ1n) is 8.37. The van der Waals surface area contributed by atoms with E-state index in [1.54, 1.807) is 24.1 Å². The van der Waals surface area contributed by atoms with Crippen molar-refractivity contribution >= 4 is 5.91 Å². The van der Waals surface area contributed by atoms with Gasteiger partial charge in [0.2, 0.25) is 11.8 Å². The van der Waals surface area contributed by atoms with E-state index < -0.39 is 0 Å². The van der Waals surface area contributed by atoms with E-state index in [-0.39, 0.29) is 18.0 Å². The third-order valence-corrected chi connectivity index (χ3v) is 4.39. The topological polar surface area (TPSA) is 86.3 Å². The first-order chi connectivity index (χ1) is 11.7. The van der Waals surface area contributed by atoms with Crippen molar-refractivity contribution in [2.24, 2.45) is 0 Å². The van der Waals surface area contributed by atoms with Gasteiger partial charge in [-0.3, -0.25) is 9.48 Å². The molecule has 3 heterocycles. The molecular formula is C16H23N5O3. The van der Waals surface area contributed by atoms with E-state index in [9.17, 15) is 4.79 Å². The summed E-state index contributed by atoms with van der Waals surface area (Å²) in [5, 5.41) is 12.3. The van der Waals surface area contributed by atoms with Gasteiger partial charge in [-0.25, -0.2) is 0 Å². The van der Waals surface area contributed by atoms with Gasteiger partial charge in [0.25, 0.3) is 5.91 Å². The van der Waals surface area contributed by atoms with Gasteiger partial charge in [0, 0.05) is 19.7 Å². The van der Waals surface area contributed by atoms with Gasteiger partial charge in [-0.2, -0.15) is 5.10 Å². The van der Waals surface area contributed by atoms with Crippen LogP contribution in [0.4, 0.5) is 0 Å². The number of carbonyl (C=O) groups is 1. The molecule has 3 rings (SSSR count). The van der Waals surface area contributed by atoms with Crippen LogP contribution in [0, 0.1) is 6.92 Å². The van der Waals surface area contributed by atoms with Crippen LogP contribution >= 0.6 is 0 Å². The summed E-state index contributed by atoms with van der Waals surface area (Å²) < 4.78 is 12.9. The fraction of sp³-hybridized carbons (Fsp3) is 0.625. The van der Waals surface area contributed by atoms with Crippen LogP contribution in [0.2, 0.25) is 0 Å². The average molecular weight is 333 g/mol. The van der Waals surface area contributed by atoms with Crippen molar-refractivity contribution in [1.29, 1.82) is 0 Å². The maximum absolute atomic E-state index is 13.1. The first-order valence-corrected chi connectivity index (χ1v) is 8.37. The van der Waals surface area contributed by atoms with Crippen LogP contribution in [0.3, 0.4) is 0 Å². The molecule has 1 fully saturated rings. The fourth-order valence-corrected chi connectivity index (χ4v) is 3.05. The Bertz CT molecular complexity index is 691. The van der Waals surface area contributed by atoms with E-state index in [2.05, 4.69) is 29.1 Å². The van der Waals surface area contributed by atoms with Gasteiger partial charge in [0.1, 0.15) is 11.7 Å². The highest BCUT2D eigenvalue weighted by Crippen LogP contribution is 2.26. The lowest BCUT2D eigenvalue weighted by Gasteiger charge is -2.33. The molecule has 0 saturated carbocycles. The number of hydrogen-bond donors (Lipinski definition) is 0. The minimum absolute atomic E-state index is 0.0800. The second-order valence-corrected chi connectivity index (χ2v) is 5.88. The third-order valence-electron chi connectivity index (χ3n) is 4.39. The van der Waals surface area contributed by atoms with Gasteiger partial charge in [-0.1, -0.05) is 13.8 Å². The molecule has 2 aromatic rings. The molecule has 0 spiro atoms. The van der Waals surface area contributed by atoms with Crippen LogP contribution < -0.4 is 0 Å². The number of nitrogens with zero attached hydrogens (tertiary/aromatic N) is 5. The molecular weight excluding hydrogens is 310 g/mol. The summed E-state index contributed by atoms with van der Waals surface area (Å²) in [6, 6.07) is 1.62. The van der Waals surface area contributed by atoms with Gasteiger partial charge in [0.05, 0.1) is 19.3 Å². The Balaban J connectivity index is 1.89. The van der Waals surface area contributed by atoms with Crippen LogP contribution in [-0.2, 0) is 4.74 Å². The van der Waals surface area contributed by atoms with Crippen molar-refractivity contribution in [2.45, 2.75) is 45.7 Å². The molecule has 0 aliphatic carbocycles. The van der Waals surface area contributed by atoms with E-state index in [0.29, 0.717) is 37.2 Å². The number of carbonyl (C=O) groups excluding carboxylic acids is 1. The highest BCUT2D eigenvalue weighted by atomic mass is 16.5. The predicted molar refractivity (Wildman–Crippen MR) is 85.5 cm³/mol. The molecule has 0 N–H and O–H groups in total. The number of amides is 1. The number of ether oxygens (including phenoxy) is 1. The first kappa shape index (κ1) is 16.6. The van der Waals surface area contributed by atoms with E-state index in [0.717, 1.165) is 12.8 Å². The molecule has 130 valence electrons. The number of morpholine rings is 1. The summed E-state index contributed by atoms with van der Waals surface area (Å²) in [6.45, 7) is 7.26. The average Bonchev–Trinajstić information content (AvgIpc) is 3.25. The zero-order valence-corrected chi connectivity index (χ0v) is 14.3.